The molecule has 2 aliphatic carbocycles. The highest BCUT2D eigenvalue weighted by Crippen LogP contribution is 2.35. The molecule has 14 heavy (non-hydrogen) atoms. The first-order valence-electron chi connectivity index (χ1n) is 5.28. The van der Waals surface area contributed by atoms with Gasteiger partial charge in [-0.2, -0.15) is 0 Å². The first-order chi connectivity index (χ1) is 6.93. The van der Waals surface area contributed by atoms with Crippen molar-refractivity contribution in [3.63, 3.8) is 0 Å². The predicted octanol–water partition coefficient (Wildman–Crippen LogP) is 2.68. The molecule has 3 rings (SSSR count). The summed E-state index contributed by atoms with van der Waals surface area (Å²) in [4.78, 5) is 0. The highest BCUT2D eigenvalue weighted by molar-refractivity contribution is 5.42. The van der Waals surface area contributed by atoms with E-state index in [9.17, 15) is 0 Å². The number of hydrogen-bond acceptors (Lipinski definition) is 2. The smallest absolute Gasteiger partial charge is 0.189 e. The summed E-state index contributed by atoms with van der Waals surface area (Å²) in [6.07, 6.45) is 11.6. The first kappa shape index (κ1) is 8.30. The predicted molar refractivity (Wildman–Crippen MR) is 53.5 cm³/mol. The van der Waals surface area contributed by atoms with Gasteiger partial charge in [-0.3, -0.25) is 0 Å². The zero-order valence-electron chi connectivity index (χ0n) is 8.16. The van der Waals surface area contributed by atoms with Crippen molar-refractivity contribution in [3.05, 3.63) is 35.1 Å². The average molecular weight is 190 g/mol. The second-order valence-corrected chi connectivity index (χ2v) is 4.02. The molecule has 0 aromatic carbocycles. The van der Waals surface area contributed by atoms with Gasteiger partial charge in [-0.1, -0.05) is 17.7 Å². The lowest BCUT2D eigenvalue weighted by atomic mass is 9.92. The fourth-order valence-electron chi connectivity index (χ4n) is 2.31. The van der Waals surface area contributed by atoms with Crippen molar-refractivity contribution in [3.8, 4) is 0 Å². The van der Waals surface area contributed by atoms with Gasteiger partial charge in [-0.05, 0) is 30.9 Å². The van der Waals surface area contributed by atoms with E-state index in [0.29, 0.717) is 6.79 Å². The fourth-order valence-corrected chi connectivity index (χ4v) is 2.31. The molecule has 0 spiro atoms. The van der Waals surface area contributed by atoms with Crippen LogP contribution in [0.5, 0.6) is 0 Å². The summed E-state index contributed by atoms with van der Waals surface area (Å²) in [7, 11) is 0. The van der Waals surface area contributed by atoms with Crippen LogP contribution in [0.25, 0.3) is 0 Å². The Morgan fingerprint density at radius 1 is 1.36 bits per heavy atom. The normalized spacial score (nSPS) is 30.3. The van der Waals surface area contributed by atoms with E-state index in [0.717, 1.165) is 12.2 Å². The molecule has 1 atom stereocenters. The standard InChI is InChI=1S/C12H14O2/c1-2-4-9-6-11-12(14-8-13-11)7-10(9)5-3-1/h2,4,6,12H,1,3,5,7-8H2. The minimum atomic E-state index is 0.209. The Labute approximate surface area is 83.9 Å². The maximum absolute atomic E-state index is 5.50. The topological polar surface area (TPSA) is 18.5 Å². The Morgan fingerprint density at radius 2 is 2.36 bits per heavy atom. The SMILES string of the molecule is C1=CC2=C(CCC1)CC1OCOC1=C2. The fraction of sp³-hybridized carbons (Fsp3) is 0.500. The van der Waals surface area contributed by atoms with Crippen molar-refractivity contribution in [1.29, 1.82) is 0 Å². The third kappa shape index (κ3) is 1.30. The van der Waals surface area contributed by atoms with Gasteiger partial charge in [0, 0.05) is 6.42 Å². The van der Waals surface area contributed by atoms with Crippen LogP contribution < -0.4 is 0 Å². The van der Waals surface area contributed by atoms with Crippen molar-refractivity contribution in [1.82, 2.24) is 0 Å². The molecule has 1 unspecified atom stereocenters. The second-order valence-electron chi connectivity index (χ2n) is 4.02. The lowest BCUT2D eigenvalue weighted by Crippen LogP contribution is -2.13. The monoisotopic (exact) mass is 190 g/mol. The molecule has 3 aliphatic rings. The van der Waals surface area contributed by atoms with E-state index in [2.05, 4.69) is 18.2 Å². The molecule has 0 aromatic rings. The molecule has 1 heterocycles. The highest BCUT2D eigenvalue weighted by Gasteiger charge is 2.29. The number of fused-ring (bicyclic) bond motifs is 1. The molecular weight excluding hydrogens is 176 g/mol. The maximum Gasteiger partial charge on any atom is 0.189 e. The van der Waals surface area contributed by atoms with Gasteiger partial charge in [-0.15, -0.1) is 0 Å². The molecule has 0 amide bonds. The minimum Gasteiger partial charge on any atom is -0.469 e. The number of hydrogen-bond donors (Lipinski definition) is 0. The van der Waals surface area contributed by atoms with Crippen LogP contribution in [0.4, 0.5) is 0 Å². The van der Waals surface area contributed by atoms with Gasteiger partial charge in [0.25, 0.3) is 0 Å². The van der Waals surface area contributed by atoms with E-state index < -0.39 is 0 Å². The average Bonchev–Trinajstić information content (AvgIpc) is 2.51. The van der Waals surface area contributed by atoms with Crippen LogP contribution in [-0.4, -0.2) is 12.9 Å². The lowest BCUT2D eigenvalue weighted by molar-refractivity contribution is 0.0499. The van der Waals surface area contributed by atoms with Crippen LogP contribution in [0.1, 0.15) is 25.7 Å². The van der Waals surface area contributed by atoms with E-state index in [1.54, 1.807) is 0 Å². The van der Waals surface area contributed by atoms with Crippen molar-refractivity contribution in [2.24, 2.45) is 0 Å². The minimum absolute atomic E-state index is 0.209. The Kier molecular flexibility index (Phi) is 1.95. The summed E-state index contributed by atoms with van der Waals surface area (Å²) < 4.78 is 10.9. The molecule has 0 saturated carbocycles. The molecule has 0 bridgehead atoms. The summed E-state index contributed by atoms with van der Waals surface area (Å²) in [5, 5.41) is 0. The van der Waals surface area contributed by atoms with E-state index in [-0.39, 0.29) is 6.10 Å². The van der Waals surface area contributed by atoms with Gasteiger partial charge >= 0.3 is 0 Å². The number of allylic oxidation sites excluding steroid dienone is 4. The molecule has 2 nitrogen and oxygen atoms in total. The van der Waals surface area contributed by atoms with Crippen LogP contribution in [0.15, 0.2) is 35.1 Å². The second kappa shape index (κ2) is 3.28. The van der Waals surface area contributed by atoms with Gasteiger partial charge in [0.2, 0.25) is 0 Å². The van der Waals surface area contributed by atoms with Crippen molar-refractivity contribution < 1.29 is 9.47 Å². The maximum atomic E-state index is 5.50. The van der Waals surface area contributed by atoms with Crippen LogP contribution in [0.2, 0.25) is 0 Å². The van der Waals surface area contributed by atoms with Gasteiger partial charge in [0.05, 0.1) is 0 Å². The summed E-state index contributed by atoms with van der Waals surface area (Å²) >= 11 is 0. The van der Waals surface area contributed by atoms with E-state index in [4.69, 9.17) is 9.47 Å². The Bertz CT molecular complexity index is 336. The van der Waals surface area contributed by atoms with E-state index >= 15 is 0 Å². The highest BCUT2D eigenvalue weighted by atomic mass is 16.7. The number of rotatable bonds is 0. The summed E-state index contributed by atoms with van der Waals surface area (Å²) in [5.41, 5.74) is 2.90. The van der Waals surface area contributed by atoms with Gasteiger partial charge in [0.1, 0.15) is 11.9 Å². The molecule has 0 aromatic heterocycles. The molecule has 0 N–H and O–H groups in total. The summed E-state index contributed by atoms with van der Waals surface area (Å²) in [6.45, 7) is 0.431. The van der Waals surface area contributed by atoms with Crippen LogP contribution >= 0.6 is 0 Å². The number of ether oxygens (including phenoxy) is 2. The van der Waals surface area contributed by atoms with E-state index in [1.165, 1.54) is 30.4 Å². The molecule has 0 radical (unpaired) electrons. The zero-order chi connectivity index (χ0) is 9.38. The summed E-state index contributed by atoms with van der Waals surface area (Å²) in [5.74, 6) is 1.02. The molecule has 2 heteroatoms. The Hall–Kier alpha value is -1.02. The first-order valence-corrected chi connectivity index (χ1v) is 5.28. The molecule has 1 fully saturated rings. The van der Waals surface area contributed by atoms with Crippen molar-refractivity contribution in [2.45, 2.75) is 31.8 Å². The molecule has 1 saturated heterocycles. The van der Waals surface area contributed by atoms with Crippen LogP contribution in [0.3, 0.4) is 0 Å². The van der Waals surface area contributed by atoms with Crippen molar-refractivity contribution >= 4 is 0 Å². The molecular formula is C12H14O2. The molecule has 1 aliphatic heterocycles. The van der Waals surface area contributed by atoms with Gasteiger partial charge < -0.3 is 9.47 Å². The summed E-state index contributed by atoms with van der Waals surface area (Å²) in [6, 6.07) is 0. The molecule has 74 valence electrons. The van der Waals surface area contributed by atoms with Crippen molar-refractivity contribution in [2.75, 3.05) is 6.79 Å². The van der Waals surface area contributed by atoms with Gasteiger partial charge in [0.15, 0.2) is 6.79 Å². The largest absolute Gasteiger partial charge is 0.469 e. The zero-order valence-corrected chi connectivity index (χ0v) is 8.16. The third-order valence-corrected chi connectivity index (χ3v) is 3.10. The lowest BCUT2D eigenvalue weighted by Gasteiger charge is -2.18. The quantitative estimate of drug-likeness (QED) is 0.584. The van der Waals surface area contributed by atoms with Crippen LogP contribution in [-0.2, 0) is 9.47 Å². The van der Waals surface area contributed by atoms with Crippen LogP contribution in [0, 0.1) is 0 Å². The Balaban J connectivity index is 1.95. The Morgan fingerprint density at radius 3 is 3.36 bits per heavy atom. The van der Waals surface area contributed by atoms with E-state index in [1.807, 2.05) is 0 Å². The van der Waals surface area contributed by atoms with Gasteiger partial charge in [-0.25, -0.2) is 0 Å². The third-order valence-electron chi connectivity index (χ3n) is 3.10.